The van der Waals surface area contributed by atoms with E-state index in [-0.39, 0.29) is 6.04 Å². The molecule has 0 aliphatic heterocycles. The van der Waals surface area contributed by atoms with Crippen LogP contribution in [0.5, 0.6) is 0 Å². The summed E-state index contributed by atoms with van der Waals surface area (Å²) in [5.41, 5.74) is 4.86. The number of amides is 1. The van der Waals surface area contributed by atoms with Gasteiger partial charge in [-0.25, -0.2) is 4.79 Å². The van der Waals surface area contributed by atoms with Crippen molar-refractivity contribution >= 4 is 23.3 Å². The zero-order valence-electron chi connectivity index (χ0n) is 9.09. The van der Waals surface area contributed by atoms with Crippen LogP contribution in [-0.4, -0.2) is 22.7 Å². The molecule has 1 atom stereocenters. The van der Waals surface area contributed by atoms with Gasteiger partial charge in [0.25, 0.3) is 0 Å². The first-order chi connectivity index (χ1) is 6.20. The molecule has 0 aromatic rings. The molecule has 0 aliphatic rings. The van der Waals surface area contributed by atoms with Crippen molar-refractivity contribution in [3.63, 3.8) is 0 Å². The van der Waals surface area contributed by atoms with E-state index in [1.54, 1.807) is 0 Å². The maximum atomic E-state index is 11.2. The fraction of sp³-hybridized carbons (Fsp3) is 0.778. The molecule has 0 saturated heterocycles. The second kappa shape index (κ2) is 5.14. The van der Waals surface area contributed by atoms with Crippen molar-refractivity contribution in [2.75, 3.05) is 0 Å². The fourth-order valence-corrected chi connectivity index (χ4v) is 1.11. The van der Waals surface area contributed by atoms with Gasteiger partial charge < -0.3 is 15.8 Å². The largest absolute Gasteiger partial charge is 0.444 e. The Kier molecular flexibility index (Phi) is 4.83. The van der Waals surface area contributed by atoms with E-state index in [1.807, 2.05) is 27.7 Å². The van der Waals surface area contributed by atoms with Crippen LogP contribution in [0.15, 0.2) is 0 Å². The Morgan fingerprint density at radius 2 is 2.07 bits per heavy atom. The summed E-state index contributed by atoms with van der Waals surface area (Å²) in [6.45, 7) is 7.25. The third-order valence-electron chi connectivity index (χ3n) is 1.27. The first-order valence-corrected chi connectivity index (χ1v) is 4.89. The Morgan fingerprint density at radius 1 is 1.57 bits per heavy atom. The van der Waals surface area contributed by atoms with Gasteiger partial charge in [-0.1, -0.05) is 12.2 Å². The van der Waals surface area contributed by atoms with Gasteiger partial charge in [0.15, 0.2) is 0 Å². The van der Waals surface area contributed by atoms with E-state index in [2.05, 4.69) is 5.32 Å². The number of rotatable bonds is 3. The highest BCUT2D eigenvalue weighted by atomic mass is 32.1. The smallest absolute Gasteiger partial charge is 0.407 e. The SMILES string of the molecule is C[C@H](CC(N)=S)NC(=O)OC(C)(C)C. The van der Waals surface area contributed by atoms with Crippen LogP contribution in [0.25, 0.3) is 0 Å². The van der Waals surface area contributed by atoms with Crippen molar-refractivity contribution in [3.8, 4) is 0 Å². The number of thiocarbonyl (C=S) groups is 1. The summed E-state index contributed by atoms with van der Waals surface area (Å²) in [7, 11) is 0. The molecule has 0 aromatic heterocycles. The zero-order chi connectivity index (χ0) is 11.4. The average molecular weight is 218 g/mol. The number of carbonyl (C=O) groups is 1. The van der Waals surface area contributed by atoms with E-state index in [0.29, 0.717) is 11.4 Å². The van der Waals surface area contributed by atoms with Crippen LogP contribution < -0.4 is 11.1 Å². The lowest BCUT2D eigenvalue weighted by atomic mass is 10.2. The average Bonchev–Trinajstić information content (AvgIpc) is 1.77. The van der Waals surface area contributed by atoms with Gasteiger partial charge in [-0.2, -0.15) is 0 Å². The predicted molar refractivity (Wildman–Crippen MR) is 60.2 cm³/mol. The molecule has 0 radical (unpaired) electrons. The number of ether oxygens (including phenoxy) is 1. The molecule has 0 aromatic carbocycles. The number of hydrogen-bond acceptors (Lipinski definition) is 3. The Morgan fingerprint density at radius 3 is 2.43 bits per heavy atom. The van der Waals surface area contributed by atoms with Crippen molar-refractivity contribution in [1.29, 1.82) is 0 Å². The molecule has 0 heterocycles. The second-order valence-corrected chi connectivity index (χ2v) is 4.74. The van der Waals surface area contributed by atoms with E-state index in [0.717, 1.165) is 0 Å². The third-order valence-corrected chi connectivity index (χ3v) is 1.44. The van der Waals surface area contributed by atoms with Crippen molar-refractivity contribution in [2.24, 2.45) is 5.73 Å². The van der Waals surface area contributed by atoms with E-state index < -0.39 is 11.7 Å². The molecule has 1 amide bonds. The highest BCUT2D eigenvalue weighted by Gasteiger charge is 2.17. The maximum absolute atomic E-state index is 11.2. The molecule has 0 rings (SSSR count). The summed E-state index contributed by atoms with van der Waals surface area (Å²) in [6.07, 6.45) is 0.0374. The number of carbonyl (C=O) groups excluding carboxylic acids is 1. The molecule has 0 fully saturated rings. The normalized spacial score (nSPS) is 13.1. The van der Waals surface area contributed by atoms with E-state index in [9.17, 15) is 4.79 Å². The molecule has 5 heteroatoms. The molecular formula is C9H18N2O2S. The molecule has 14 heavy (non-hydrogen) atoms. The first kappa shape index (κ1) is 13.2. The summed E-state index contributed by atoms with van der Waals surface area (Å²) < 4.78 is 5.06. The predicted octanol–water partition coefficient (Wildman–Crippen LogP) is 1.58. The second-order valence-electron chi connectivity index (χ2n) is 4.22. The highest BCUT2D eigenvalue weighted by molar-refractivity contribution is 7.80. The Labute approximate surface area is 90.2 Å². The maximum Gasteiger partial charge on any atom is 0.407 e. The molecule has 0 spiro atoms. The summed E-state index contributed by atoms with van der Waals surface area (Å²) in [6, 6.07) is -0.0950. The zero-order valence-corrected chi connectivity index (χ0v) is 9.90. The fourth-order valence-electron chi connectivity index (χ4n) is 0.862. The number of alkyl carbamates (subject to hydrolysis) is 1. The standard InChI is InChI=1S/C9H18N2O2S/c1-6(5-7(10)14)11-8(12)13-9(2,3)4/h6H,5H2,1-4H3,(H2,10,14)(H,11,12)/t6-/m1/s1. The minimum Gasteiger partial charge on any atom is -0.444 e. The molecule has 0 unspecified atom stereocenters. The van der Waals surface area contributed by atoms with Crippen molar-refractivity contribution in [3.05, 3.63) is 0 Å². The van der Waals surface area contributed by atoms with Crippen LogP contribution in [0.1, 0.15) is 34.1 Å². The van der Waals surface area contributed by atoms with Gasteiger partial charge in [-0.05, 0) is 27.7 Å². The van der Waals surface area contributed by atoms with E-state index in [4.69, 9.17) is 22.7 Å². The van der Waals surface area contributed by atoms with Crippen LogP contribution in [0.4, 0.5) is 4.79 Å². The van der Waals surface area contributed by atoms with E-state index in [1.165, 1.54) is 0 Å². The quantitative estimate of drug-likeness (QED) is 0.706. The molecule has 0 aliphatic carbocycles. The van der Waals surface area contributed by atoms with Crippen LogP contribution in [0.3, 0.4) is 0 Å². The van der Waals surface area contributed by atoms with Crippen LogP contribution >= 0.6 is 12.2 Å². The lowest BCUT2D eigenvalue weighted by molar-refractivity contribution is 0.0510. The van der Waals surface area contributed by atoms with E-state index >= 15 is 0 Å². The Balaban J connectivity index is 3.89. The highest BCUT2D eigenvalue weighted by Crippen LogP contribution is 2.06. The van der Waals surface area contributed by atoms with Gasteiger partial charge in [-0.15, -0.1) is 0 Å². The van der Waals surface area contributed by atoms with Crippen LogP contribution in [0, 0.1) is 0 Å². The Bertz CT molecular complexity index is 223. The molecule has 3 N–H and O–H groups in total. The first-order valence-electron chi connectivity index (χ1n) is 4.48. The minimum absolute atomic E-state index is 0.0950. The van der Waals surface area contributed by atoms with Gasteiger partial charge in [0, 0.05) is 12.5 Å². The van der Waals surface area contributed by atoms with Crippen molar-refractivity contribution in [1.82, 2.24) is 5.32 Å². The molecule has 0 saturated carbocycles. The topological polar surface area (TPSA) is 64.3 Å². The molecule has 0 bridgehead atoms. The Hall–Kier alpha value is -0.840. The summed E-state index contributed by atoms with van der Waals surface area (Å²) in [4.78, 5) is 11.6. The van der Waals surface area contributed by atoms with Gasteiger partial charge in [-0.3, -0.25) is 0 Å². The number of nitrogens with two attached hydrogens (primary N) is 1. The van der Waals surface area contributed by atoms with Gasteiger partial charge in [0.2, 0.25) is 0 Å². The van der Waals surface area contributed by atoms with Gasteiger partial charge in [0.05, 0.1) is 4.99 Å². The molecular weight excluding hydrogens is 200 g/mol. The van der Waals surface area contributed by atoms with Crippen LogP contribution in [0.2, 0.25) is 0 Å². The van der Waals surface area contributed by atoms with Gasteiger partial charge >= 0.3 is 6.09 Å². The number of nitrogens with one attached hydrogen (secondary N) is 1. The van der Waals surface area contributed by atoms with Crippen molar-refractivity contribution in [2.45, 2.75) is 45.8 Å². The molecule has 4 nitrogen and oxygen atoms in total. The van der Waals surface area contributed by atoms with Gasteiger partial charge in [0.1, 0.15) is 5.60 Å². The number of hydrogen-bond donors (Lipinski definition) is 2. The van der Waals surface area contributed by atoms with Crippen LogP contribution in [-0.2, 0) is 4.74 Å². The summed E-state index contributed by atoms with van der Waals surface area (Å²) in [5, 5.41) is 2.64. The van der Waals surface area contributed by atoms with Crippen molar-refractivity contribution < 1.29 is 9.53 Å². The third kappa shape index (κ3) is 7.79. The lowest BCUT2D eigenvalue weighted by Crippen LogP contribution is -2.39. The summed E-state index contributed by atoms with van der Waals surface area (Å²) >= 11 is 4.72. The monoisotopic (exact) mass is 218 g/mol. The minimum atomic E-state index is -0.479. The molecule has 82 valence electrons. The lowest BCUT2D eigenvalue weighted by Gasteiger charge is -2.21. The summed E-state index contributed by atoms with van der Waals surface area (Å²) in [5.74, 6) is 0.